The van der Waals surface area contributed by atoms with Crippen molar-refractivity contribution in [2.24, 2.45) is 0 Å². The SMILES string of the molecule is CCn1ncc(Br)c1/C=C/CCBr. The van der Waals surface area contributed by atoms with Crippen LogP contribution in [0.5, 0.6) is 0 Å². The zero-order chi connectivity index (χ0) is 9.68. The Balaban J connectivity index is 2.79. The molecule has 1 aromatic rings. The van der Waals surface area contributed by atoms with Gasteiger partial charge in [0.15, 0.2) is 0 Å². The van der Waals surface area contributed by atoms with E-state index in [1.54, 1.807) is 0 Å². The maximum absolute atomic E-state index is 4.22. The van der Waals surface area contributed by atoms with Crippen LogP contribution in [0.3, 0.4) is 0 Å². The molecule has 0 spiro atoms. The first-order valence-electron chi connectivity index (χ1n) is 4.23. The molecule has 0 aliphatic carbocycles. The van der Waals surface area contributed by atoms with Gasteiger partial charge in [0, 0.05) is 11.9 Å². The van der Waals surface area contributed by atoms with Gasteiger partial charge in [-0.15, -0.1) is 0 Å². The lowest BCUT2D eigenvalue weighted by Crippen LogP contribution is -1.98. The van der Waals surface area contributed by atoms with Gasteiger partial charge in [0.25, 0.3) is 0 Å². The summed E-state index contributed by atoms with van der Waals surface area (Å²) in [6, 6.07) is 0. The van der Waals surface area contributed by atoms with Crippen LogP contribution in [0.1, 0.15) is 19.0 Å². The highest BCUT2D eigenvalue weighted by atomic mass is 79.9. The van der Waals surface area contributed by atoms with E-state index in [9.17, 15) is 0 Å². The normalized spacial score (nSPS) is 11.3. The van der Waals surface area contributed by atoms with Gasteiger partial charge in [0.05, 0.1) is 16.4 Å². The van der Waals surface area contributed by atoms with Crippen LogP contribution >= 0.6 is 31.9 Å². The predicted octanol–water partition coefficient (Wildman–Crippen LogP) is 3.46. The second-order valence-corrected chi connectivity index (χ2v) is 4.22. The van der Waals surface area contributed by atoms with Crippen LogP contribution < -0.4 is 0 Å². The molecule has 0 unspecified atom stereocenters. The molecule has 0 bridgehead atoms. The van der Waals surface area contributed by atoms with Crippen LogP contribution in [0, 0.1) is 0 Å². The zero-order valence-electron chi connectivity index (χ0n) is 7.50. The minimum Gasteiger partial charge on any atom is -0.265 e. The summed E-state index contributed by atoms with van der Waals surface area (Å²) >= 11 is 6.85. The number of halogens is 2. The summed E-state index contributed by atoms with van der Waals surface area (Å²) < 4.78 is 3.02. The molecule has 0 N–H and O–H groups in total. The van der Waals surface area contributed by atoms with Crippen molar-refractivity contribution in [3.05, 3.63) is 22.4 Å². The van der Waals surface area contributed by atoms with Gasteiger partial charge in [-0.1, -0.05) is 22.0 Å². The highest BCUT2D eigenvalue weighted by molar-refractivity contribution is 9.10. The molecule has 0 fully saturated rings. The van der Waals surface area contributed by atoms with E-state index >= 15 is 0 Å². The number of hydrogen-bond donors (Lipinski definition) is 0. The molecule has 0 atom stereocenters. The second-order valence-electron chi connectivity index (χ2n) is 2.57. The Morgan fingerprint density at radius 1 is 1.62 bits per heavy atom. The van der Waals surface area contributed by atoms with Gasteiger partial charge in [-0.3, -0.25) is 4.68 Å². The maximum atomic E-state index is 4.22. The average Bonchev–Trinajstić information content (AvgIpc) is 2.48. The highest BCUT2D eigenvalue weighted by Crippen LogP contribution is 2.17. The molecular weight excluding hydrogens is 296 g/mol. The summed E-state index contributed by atoms with van der Waals surface area (Å²) in [6.07, 6.45) is 7.11. The van der Waals surface area contributed by atoms with E-state index in [4.69, 9.17) is 0 Å². The highest BCUT2D eigenvalue weighted by Gasteiger charge is 2.02. The first-order chi connectivity index (χ1) is 6.29. The Hall–Kier alpha value is -0.0900. The Bertz CT molecular complexity index is 292. The van der Waals surface area contributed by atoms with Crippen molar-refractivity contribution in [2.45, 2.75) is 19.9 Å². The number of aryl methyl sites for hydroxylation is 1. The van der Waals surface area contributed by atoms with Crippen LogP contribution in [0.4, 0.5) is 0 Å². The van der Waals surface area contributed by atoms with Crippen molar-refractivity contribution in [1.82, 2.24) is 9.78 Å². The third kappa shape index (κ3) is 2.95. The Morgan fingerprint density at radius 3 is 3.00 bits per heavy atom. The lowest BCUT2D eigenvalue weighted by Gasteiger charge is -1.99. The minimum atomic E-state index is 0.902. The van der Waals surface area contributed by atoms with Gasteiger partial charge >= 0.3 is 0 Å². The third-order valence-electron chi connectivity index (χ3n) is 1.68. The quantitative estimate of drug-likeness (QED) is 0.779. The fraction of sp³-hybridized carbons (Fsp3) is 0.444. The lowest BCUT2D eigenvalue weighted by atomic mass is 10.3. The van der Waals surface area contributed by atoms with Crippen LogP contribution in [0.2, 0.25) is 0 Å². The van der Waals surface area contributed by atoms with Gasteiger partial charge in [-0.25, -0.2) is 0 Å². The van der Waals surface area contributed by atoms with E-state index in [2.05, 4.69) is 56.0 Å². The van der Waals surface area contributed by atoms with Crippen molar-refractivity contribution >= 4 is 37.9 Å². The first kappa shape index (κ1) is 11.0. The fourth-order valence-corrected chi connectivity index (χ4v) is 1.74. The van der Waals surface area contributed by atoms with Crippen molar-refractivity contribution in [3.8, 4) is 0 Å². The van der Waals surface area contributed by atoms with E-state index in [0.717, 1.165) is 28.5 Å². The van der Waals surface area contributed by atoms with Gasteiger partial charge in [0.1, 0.15) is 0 Å². The molecular formula is C9H12Br2N2. The van der Waals surface area contributed by atoms with Gasteiger partial charge in [-0.05, 0) is 35.4 Å². The summed E-state index contributed by atoms with van der Waals surface area (Å²) in [4.78, 5) is 0. The lowest BCUT2D eigenvalue weighted by molar-refractivity contribution is 0.653. The minimum absolute atomic E-state index is 0.902. The zero-order valence-corrected chi connectivity index (χ0v) is 10.7. The van der Waals surface area contributed by atoms with Crippen molar-refractivity contribution in [3.63, 3.8) is 0 Å². The monoisotopic (exact) mass is 306 g/mol. The van der Waals surface area contributed by atoms with Gasteiger partial charge in [0.2, 0.25) is 0 Å². The average molecular weight is 308 g/mol. The molecule has 0 saturated heterocycles. The van der Waals surface area contributed by atoms with Crippen LogP contribution in [-0.2, 0) is 6.54 Å². The molecule has 0 radical (unpaired) electrons. The summed E-state index contributed by atoms with van der Waals surface area (Å²) in [5.74, 6) is 0. The van der Waals surface area contributed by atoms with Crippen LogP contribution in [0.15, 0.2) is 16.7 Å². The molecule has 1 aromatic heterocycles. The van der Waals surface area contributed by atoms with E-state index in [1.807, 2.05) is 10.9 Å². The topological polar surface area (TPSA) is 17.8 Å². The molecule has 13 heavy (non-hydrogen) atoms. The number of nitrogens with zero attached hydrogens (tertiary/aromatic N) is 2. The summed E-state index contributed by atoms with van der Waals surface area (Å²) in [5, 5.41) is 5.22. The summed E-state index contributed by atoms with van der Waals surface area (Å²) in [7, 11) is 0. The Kier molecular flexibility index (Phi) is 4.73. The van der Waals surface area contributed by atoms with E-state index in [-0.39, 0.29) is 0 Å². The molecule has 1 heterocycles. The summed E-state index contributed by atoms with van der Waals surface area (Å²) in [5.41, 5.74) is 1.14. The van der Waals surface area contributed by atoms with Gasteiger partial charge in [-0.2, -0.15) is 5.10 Å². The summed E-state index contributed by atoms with van der Waals surface area (Å²) in [6.45, 7) is 2.99. The smallest absolute Gasteiger partial charge is 0.0748 e. The molecule has 0 aliphatic heterocycles. The van der Waals surface area contributed by atoms with Crippen LogP contribution in [0.25, 0.3) is 6.08 Å². The first-order valence-corrected chi connectivity index (χ1v) is 6.14. The van der Waals surface area contributed by atoms with E-state index in [1.165, 1.54) is 0 Å². The van der Waals surface area contributed by atoms with E-state index in [0.29, 0.717) is 0 Å². The molecule has 0 amide bonds. The number of rotatable bonds is 4. The molecule has 0 aliphatic rings. The second kappa shape index (κ2) is 5.60. The molecule has 0 saturated carbocycles. The third-order valence-corrected chi connectivity index (χ3v) is 2.75. The standard InChI is InChI=1S/C9H12Br2N2/c1-2-13-9(5-3-4-6-10)8(11)7-12-13/h3,5,7H,2,4,6H2,1H3/b5-3+. The van der Waals surface area contributed by atoms with Gasteiger partial charge < -0.3 is 0 Å². The molecule has 2 nitrogen and oxygen atoms in total. The van der Waals surface area contributed by atoms with Crippen molar-refractivity contribution in [1.29, 1.82) is 0 Å². The Morgan fingerprint density at radius 2 is 2.38 bits per heavy atom. The molecule has 4 heteroatoms. The number of aromatic nitrogens is 2. The molecule has 1 rings (SSSR count). The number of hydrogen-bond acceptors (Lipinski definition) is 1. The Labute approximate surface area is 95.3 Å². The largest absolute Gasteiger partial charge is 0.265 e. The number of allylic oxidation sites excluding steroid dienone is 1. The van der Waals surface area contributed by atoms with E-state index < -0.39 is 0 Å². The van der Waals surface area contributed by atoms with Crippen LogP contribution in [-0.4, -0.2) is 15.1 Å². The molecule has 0 aromatic carbocycles. The van der Waals surface area contributed by atoms with Crippen molar-refractivity contribution in [2.75, 3.05) is 5.33 Å². The number of alkyl halides is 1. The fourth-order valence-electron chi connectivity index (χ4n) is 1.05. The molecule has 72 valence electrons. The van der Waals surface area contributed by atoms with Crippen molar-refractivity contribution < 1.29 is 0 Å². The maximum Gasteiger partial charge on any atom is 0.0748 e. The predicted molar refractivity (Wildman–Crippen MR) is 63.0 cm³/mol.